The maximum Gasteiger partial charge on any atom is 0.356 e. The van der Waals surface area contributed by atoms with Crippen molar-refractivity contribution in [1.82, 2.24) is 9.38 Å². The Balaban J connectivity index is 2.39. The molecule has 0 atom stereocenters. The second kappa shape index (κ2) is 4.27. The number of carboxylic acid groups (broad SMARTS) is 1. The molecular formula is C14H10N2O4. The van der Waals surface area contributed by atoms with Gasteiger partial charge in [0.25, 0.3) is 0 Å². The smallest absolute Gasteiger partial charge is 0.356 e. The highest BCUT2D eigenvalue weighted by atomic mass is 16.4. The van der Waals surface area contributed by atoms with Crippen LogP contribution in [0.1, 0.15) is 10.5 Å². The van der Waals surface area contributed by atoms with E-state index in [9.17, 15) is 20.1 Å². The topological polar surface area (TPSA) is 95.1 Å². The molecule has 0 aliphatic carbocycles. The van der Waals surface area contributed by atoms with E-state index in [0.717, 1.165) is 0 Å². The third kappa shape index (κ3) is 1.74. The molecule has 0 amide bonds. The molecule has 0 aliphatic heterocycles. The van der Waals surface area contributed by atoms with Gasteiger partial charge in [-0.25, -0.2) is 9.78 Å². The lowest BCUT2D eigenvalue weighted by Gasteiger charge is -2.03. The molecule has 6 nitrogen and oxygen atoms in total. The largest absolute Gasteiger partial charge is 0.507 e. The van der Waals surface area contributed by atoms with Crippen LogP contribution < -0.4 is 0 Å². The Labute approximate surface area is 113 Å². The van der Waals surface area contributed by atoms with Crippen molar-refractivity contribution in [3.63, 3.8) is 0 Å². The van der Waals surface area contributed by atoms with E-state index in [1.165, 1.54) is 28.8 Å². The number of phenols is 1. The first-order valence-corrected chi connectivity index (χ1v) is 5.80. The van der Waals surface area contributed by atoms with Crippen LogP contribution in [0, 0.1) is 0 Å². The minimum atomic E-state index is -1.17. The third-order valence-electron chi connectivity index (χ3n) is 2.97. The molecule has 2 aromatic heterocycles. The van der Waals surface area contributed by atoms with Gasteiger partial charge >= 0.3 is 5.97 Å². The summed E-state index contributed by atoms with van der Waals surface area (Å²) in [7, 11) is 0. The van der Waals surface area contributed by atoms with Gasteiger partial charge in [0, 0.05) is 0 Å². The molecule has 3 rings (SSSR count). The zero-order valence-corrected chi connectivity index (χ0v) is 10.2. The predicted molar refractivity (Wildman–Crippen MR) is 70.9 cm³/mol. The van der Waals surface area contributed by atoms with Crippen molar-refractivity contribution < 1.29 is 20.1 Å². The molecule has 0 aliphatic rings. The highest BCUT2D eigenvalue weighted by molar-refractivity contribution is 5.95. The normalized spacial score (nSPS) is 10.8. The number of aromatic carboxylic acids is 1. The fourth-order valence-electron chi connectivity index (χ4n) is 2.08. The van der Waals surface area contributed by atoms with E-state index in [1.807, 2.05) is 0 Å². The number of carbonyl (C=O) groups is 1. The molecule has 0 saturated heterocycles. The van der Waals surface area contributed by atoms with E-state index in [0.29, 0.717) is 11.1 Å². The average Bonchev–Trinajstić information content (AvgIpc) is 2.78. The Bertz CT molecular complexity index is 823. The lowest BCUT2D eigenvalue weighted by atomic mass is 10.2. The van der Waals surface area contributed by atoms with Crippen LogP contribution in [0.15, 0.2) is 42.6 Å². The maximum atomic E-state index is 11.2. The van der Waals surface area contributed by atoms with Crippen LogP contribution in [-0.2, 0) is 0 Å². The van der Waals surface area contributed by atoms with Gasteiger partial charge in [0.2, 0.25) is 0 Å². The number of fused-ring (bicyclic) bond motifs is 1. The van der Waals surface area contributed by atoms with Crippen molar-refractivity contribution in [3.05, 3.63) is 48.3 Å². The summed E-state index contributed by atoms with van der Waals surface area (Å²) in [5.74, 6) is -0.954. The second-order valence-electron chi connectivity index (χ2n) is 4.25. The molecule has 3 N–H and O–H groups in total. The van der Waals surface area contributed by atoms with Gasteiger partial charge in [-0.05, 0) is 24.3 Å². The Morgan fingerprint density at radius 1 is 1.10 bits per heavy atom. The van der Waals surface area contributed by atoms with E-state index >= 15 is 0 Å². The van der Waals surface area contributed by atoms with Crippen molar-refractivity contribution in [3.8, 4) is 22.9 Å². The molecule has 0 spiro atoms. The number of pyridine rings is 1. The van der Waals surface area contributed by atoms with Crippen LogP contribution in [0.5, 0.6) is 11.5 Å². The molecular weight excluding hydrogens is 260 g/mol. The number of benzene rings is 1. The molecule has 3 aromatic rings. The summed E-state index contributed by atoms with van der Waals surface area (Å²) in [5, 5.41) is 28.6. The van der Waals surface area contributed by atoms with Gasteiger partial charge in [0.15, 0.2) is 5.69 Å². The van der Waals surface area contributed by atoms with Crippen LogP contribution in [-0.4, -0.2) is 30.7 Å². The van der Waals surface area contributed by atoms with Gasteiger partial charge < -0.3 is 15.3 Å². The molecule has 0 bridgehead atoms. The summed E-state index contributed by atoms with van der Waals surface area (Å²) in [6.07, 6.45) is 1.36. The van der Waals surface area contributed by atoms with Gasteiger partial charge in [-0.1, -0.05) is 12.1 Å². The summed E-state index contributed by atoms with van der Waals surface area (Å²) in [6.45, 7) is 0. The van der Waals surface area contributed by atoms with E-state index in [2.05, 4.69) is 4.98 Å². The Kier molecular flexibility index (Phi) is 2.57. The summed E-state index contributed by atoms with van der Waals surface area (Å²) < 4.78 is 1.44. The first-order chi connectivity index (χ1) is 9.58. The zero-order chi connectivity index (χ0) is 14.3. The molecule has 20 heavy (non-hydrogen) atoms. The lowest BCUT2D eigenvalue weighted by molar-refractivity contribution is 0.0693. The molecule has 0 saturated carbocycles. The Hall–Kier alpha value is -3.02. The van der Waals surface area contributed by atoms with Gasteiger partial charge in [0.05, 0.1) is 17.3 Å². The number of para-hydroxylation sites is 1. The van der Waals surface area contributed by atoms with Gasteiger partial charge in [0.1, 0.15) is 17.3 Å². The van der Waals surface area contributed by atoms with Crippen molar-refractivity contribution in [1.29, 1.82) is 0 Å². The summed E-state index contributed by atoms with van der Waals surface area (Å²) >= 11 is 0. The van der Waals surface area contributed by atoms with Crippen molar-refractivity contribution >= 4 is 11.5 Å². The van der Waals surface area contributed by atoms with Crippen LogP contribution in [0.2, 0.25) is 0 Å². The summed E-state index contributed by atoms with van der Waals surface area (Å²) in [4.78, 5) is 15.3. The highest BCUT2D eigenvalue weighted by Crippen LogP contribution is 2.30. The maximum absolute atomic E-state index is 11.2. The summed E-state index contributed by atoms with van der Waals surface area (Å²) in [5.41, 5.74) is 0.595. The number of aromatic hydroxyl groups is 2. The van der Waals surface area contributed by atoms with Gasteiger partial charge in [-0.2, -0.15) is 0 Å². The van der Waals surface area contributed by atoms with Crippen LogP contribution in [0.4, 0.5) is 0 Å². The molecule has 0 unspecified atom stereocenters. The van der Waals surface area contributed by atoms with Gasteiger partial charge in [-0.15, -0.1) is 0 Å². The number of carboxylic acids is 1. The van der Waals surface area contributed by atoms with Crippen LogP contribution in [0.25, 0.3) is 16.9 Å². The monoisotopic (exact) mass is 270 g/mol. The molecule has 6 heteroatoms. The first-order valence-electron chi connectivity index (χ1n) is 5.80. The van der Waals surface area contributed by atoms with Gasteiger partial charge in [-0.3, -0.25) is 4.40 Å². The van der Waals surface area contributed by atoms with Crippen LogP contribution >= 0.6 is 0 Å². The number of hydrogen-bond donors (Lipinski definition) is 3. The number of hydrogen-bond acceptors (Lipinski definition) is 4. The van der Waals surface area contributed by atoms with E-state index in [1.54, 1.807) is 18.2 Å². The number of phenolic OH excluding ortho intramolecular Hbond substituents is 1. The van der Waals surface area contributed by atoms with Crippen LogP contribution in [0.3, 0.4) is 0 Å². The fraction of sp³-hybridized carbons (Fsp3) is 0. The quantitative estimate of drug-likeness (QED) is 0.663. The number of imidazole rings is 1. The fourth-order valence-corrected chi connectivity index (χ4v) is 2.08. The van der Waals surface area contributed by atoms with E-state index < -0.39 is 5.97 Å². The minimum Gasteiger partial charge on any atom is -0.507 e. The third-order valence-corrected chi connectivity index (χ3v) is 2.97. The Morgan fingerprint density at radius 3 is 2.55 bits per heavy atom. The predicted octanol–water partition coefficient (Wildman–Crippen LogP) is 2.11. The molecule has 1 aromatic carbocycles. The number of nitrogens with zero attached hydrogens (tertiary/aromatic N) is 2. The number of aromatic nitrogens is 2. The molecule has 2 heterocycles. The van der Waals surface area contributed by atoms with Crippen molar-refractivity contribution in [2.75, 3.05) is 0 Å². The standard InChI is InChI=1S/C14H10N2O4/c17-8-5-6-10-12(14(19)20)15-13(16(10)7-8)9-3-1-2-4-11(9)18/h1-7,17-18H,(H,19,20). The van der Waals surface area contributed by atoms with E-state index in [4.69, 9.17) is 0 Å². The second-order valence-corrected chi connectivity index (χ2v) is 4.25. The van der Waals surface area contributed by atoms with E-state index in [-0.39, 0.29) is 23.0 Å². The average molecular weight is 270 g/mol. The van der Waals surface area contributed by atoms with Crippen molar-refractivity contribution in [2.45, 2.75) is 0 Å². The Morgan fingerprint density at radius 2 is 1.85 bits per heavy atom. The minimum absolute atomic E-state index is 0.0142. The van der Waals surface area contributed by atoms with Crippen molar-refractivity contribution in [2.24, 2.45) is 0 Å². The number of rotatable bonds is 2. The summed E-state index contributed by atoms with van der Waals surface area (Å²) in [6, 6.07) is 9.33. The molecule has 0 radical (unpaired) electrons. The first kappa shape index (κ1) is 12.0. The SMILES string of the molecule is O=C(O)c1nc(-c2ccccc2O)n2cc(O)ccc12. The highest BCUT2D eigenvalue weighted by Gasteiger charge is 2.19. The lowest BCUT2D eigenvalue weighted by Crippen LogP contribution is -1.97. The zero-order valence-electron chi connectivity index (χ0n) is 10.2. The molecule has 0 fully saturated rings. The molecule has 100 valence electrons.